The van der Waals surface area contributed by atoms with Crippen molar-refractivity contribution in [1.29, 1.82) is 0 Å². The van der Waals surface area contributed by atoms with E-state index in [4.69, 9.17) is 4.55 Å². The lowest BCUT2D eigenvalue weighted by molar-refractivity contribution is 0.413. The standard InChI is InChI=1S/C9H15NO3S/c1-2-3-6-9(14(11,12)13)7-4-5-8-10-9/h4-5,7-8,10H,2-3,6H2,1H3,(H,11,12,13). The Hall–Kier alpha value is -0.810. The molecule has 0 aliphatic carbocycles. The Labute approximate surface area is 84.5 Å². The van der Waals surface area contributed by atoms with Crippen LogP contribution >= 0.6 is 0 Å². The van der Waals surface area contributed by atoms with Crippen LogP contribution in [0, 0.1) is 0 Å². The molecule has 0 fully saturated rings. The molecule has 14 heavy (non-hydrogen) atoms. The minimum Gasteiger partial charge on any atom is -0.368 e. The van der Waals surface area contributed by atoms with Crippen LogP contribution in [0.3, 0.4) is 0 Å². The topological polar surface area (TPSA) is 66.4 Å². The Bertz CT molecular complexity index is 345. The van der Waals surface area contributed by atoms with Gasteiger partial charge >= 0.3 is 0 Å². The van der Waals surface area contributed by atoms with Crippen LogP contribution in [0.1, 0.15) is 26.2 Å². The van der Waals surface area contributed by atoms with Crippen LogP contribution in [0.15, 0.2) is 24.4 Å². The fraction of sp³-hybridized carbons (Fsp3) is 0.556. The second-order valence-electron chi connectivity index (χ2n) is 3.33. The lowest BCUT2D eigenvalue weighted by Gasteiger charge is -2.29. The van der Waals surface area contributed by atoms with E-state index in [1.54, 1.807) is 12.2 Å². The molecule has 0 aromatic rings. The number of allylic oxidation sites excluding steroid dienone is 2. The fourth-order valence-corrected chi connectivity index (χ4v) is 2.26. The molecule has 0 amide bonds. The molecule has 4 nitrogen and oxygen atoms in total. The summed E-state index contributed by atoms with van der Waals surface area (Å²) in [5.41, 5.74) is 0. The summed E-state index contributed by atoms with van der Waals surface area (Å²) in [6, 6.07) is 0. The number of dihydropyridines is 1. The summed E-state index contributed by atoms with van der Waals surface area (Å²) >= 11 is 0. The van der Waals surface area contributed by atoms with Crippen molar-refractivity contribution in [2.45, 2.75) is 31.1 Å². The summed E-state index contributed by atoms with van der Waals surface area (Å²) in [6.07, 6.45) is 8.33. The fourth-order valence-electron chi connectivity index (χ4n) is 1.39. The molecule has 1 rings (SSSR count). The molecule has 1 heterocycles. The summed E-state index contributed by atoms with van der Waals surface area (Å²) in [5.74, 6) is 0. The molecule has 0 bridgehead atoms. The van der Waals surface area contributed by atoms with E-state index < -0.39 is 15.0 Å². The summed E-state index contributed by atoms with van der Waals surface area (Å²) in [4.78, 5) is -1.32. The van der Waals surface area contributed by atoms with Gasteiger partial charge in [-0.05, 0) is 31.2 Å². The van der Waals surface area contributed by atoms with Crippen molar-refractivity contribution in [3.8, 4) is 0 Å². The number of nitrogens with one attached hydrogen (secondary N) is 1. The lowest BCUT2D eigenvalue weighted by atomic mass is 10.1. The van der Waals surface area contributed by atoms with Crippen molar-refractivity contribution >= 4 is 10.1 Å². The van der Waals surface area contributed by atoms with Crippen molar-refractivity contribution in [1.82, 2.24) is 5.32 Å². The Balaban J connectivity index is 2.92. The molecule has 0 saturated carbocycles. The zero-order valence-corrected chi connectivity index (χ0v) is 8.92. The Morgan fingerprint density at radius 3 is 2.57 bits per heavy atom. The third kappa shape index (κ3) is 2.16. The lowest BCUT2D eigenvalue weighted by Crippen LogP contribution is -2.48. The average molecular weight is 217 g/mol. The van der Waals surface area contributed by atoms with Crippen molar-refractivity contribution < 1.29 is 13.0 Å². The Kier molecular flexibility index (Phi) is 3.34. The summed E-state index contributed by atoms with van der Waals surface area (Å²) < 4.78 is 31.6. The molecule has 1 aliphatic rings. The highest BCUT2D eigenvalue weighted by Crippen LogP contribution is 2.24. The van der Waals surface area contributed by atoms with Crippen LogP contribution in [0.25, 0.3) is 0 Å². The SMILES string of the molecule is CCCCC1(S(=O)(=O)O)C=CC=CN1. The normalized spacial score (nSPS) is 26.1. The summed E-state index contributed by atoms with van der Waals surface area (Å²) in [7, 11) is -4.11. The molecular formula is C9H15NO3S. The minimum atomic E-state index is -4.11. The molecule has 0 aromatic carbocycles. The van der Waals surface area contributed by atoms with Gasteiger partial charge in [0.05, 0.1) is 0 Å². The van der Waals surface area contributed by atoms with Gasteiger partial charge in [-0.3, -0.25) is 4.55 Å². The second-order valence-corrected chi connectivity index (χ2v) is 5.01. The van der Waals surface area contributed by atoms with Gasteiger partial charge in [0.15, 0.2) is 4.87 Å². The van der Waals surface area contributed by atoms with Gasteiger partial charge in [-0.1, -0.05) is 19.4 Å². The zero-order valence-electron chi connectivity index (χ0n) is 8.10. The van der Waals surface area contributed by atoms with E-state index in [0.717, 1.165) is 12.8 Å². The Morgan fingerprint density at radius 1 is 1.43 bits per heavy atom. The molecule has 0 saturated heterocycles. The second kappa shape index (κ2) is 4.14. The van der Waals surface area contributed by atoms with Crippen LogP contribution in [0.4, 0.5) is 0 Å². The highest BCUT2D eigenvalue weighted by Gasteiger charge is 2.39. The van der Waals surface area contributed by atoms with E-state index in [2.05, 4.69) is 5.32 Å². The summed E-state index contributed by atoms with van der Waals surface area (Å²) in [5, 5.41) is 2.70. The van der Waals surface area contributed by atoms with E-state index in [1.807, 2.05) is 6.92 Å². The monoisotopic (exact) mass is 217 g/mol. The maximum Gasteiger partial charge on any atom is 0.292 e. The molecule has 1 unspecified atom stereocenters. The third-order valence-electron chi connectivity index (χ3n) is 2.26. The van der Waals surface area contributed by atoms with Crippen molar-refractivity contribution in [3.05, 3.63) is 24.4 Å². The van der Waals surface area contributed by atoms with Crippen LogP contribution in [0.2, 0.25) is 0 Å². The number of hydrogen-bond acceptors (Lipinski definition) is 3. The molecule has 1 aliphatic heterocycles. The molecule has 0 spiro atoms. The first-order chi connectivity index (χ1) is 6.52. The first-order valence-electron chi connectivity index (χ1n) is 4.61. The maximum atomic E-state index is 11.2. The van der Waals surface area contributed by atoms with Gasteiger partial charge in [-0.25, -0.2) is 0 Å². The highest BCUT2D eigenvalue weighted by atomic mass is 32.2. The first-order valence-corrected chi connectivity index (χ1v) is 6.05. The predicted molar refractivity (Wildman–Crippen MR) is 55.2 cm³/mol. The van der Waals surface area contributed by atoms with Crippen LogP contribution in [-0.4, -0.2) is 17.8 Å². The molecule has 1 atom stereocenters. The predicted octanol–water partition coefficient (Wildman–Crippen LogP) is 1.43. The van der Waals surface area contributed by atoms with Gasteiger partial charge < -0.3 is 5.32 Å². The van der Waals surface area contributed by atoms with Gasteiger partial charge in [-0.2, -0.15) is 8.42 Å². The molecule has 0 aromatic heterocycles. The van der Waals surface area contributed by atoms with Crippen LogP contribution < -0.4 is 5.32 Å². The van der Waals surface area contributed by atoms with E-state index in [1.165, 1.54) is 12.3 Å². The number of unbranched alkanes of at least 4 members (excludes halogenated alkanes) is 1. The minimum absolute atomic E-state index is 0.378. The van der Waals surface area contributed by atoms with Crippen molar-refractivity contribution in [2.24, 2.45) is 0 Å². The van der Waals surface area contributed by atoms with Gasteiger partial charge in [0.2, 0.25) is 0 Å². The van der Waals surface area contributed by atoms with Crippen LogP contribution in [-0.2, 0) is 10.1 Å². The average Bonchev–Trinajstić information content (AvgIpc) is 2.14. The molecule has 0 radical (unpaired) electrons. The zero-order chi connectivity index (χ0) is 10.7. The Morgan fingerprint density at radius 2 is 2.14 bits per heavy atom. The highest BCUT2D eigenvalue weighted by molar-refractivity contribution is 7.87. The van der Waals surface area contributed by atoms with Gasteiger partial charge in [-0.15, -0.1) is 0 Å². The largest absolute Gasteiger partial charge is 0.368 e. The van der Waals surface area contributed by atoms with Crippen molar-refractivity contribution in [2.75, 3.05) is 0 Å². The molecule has 2 N–H and O–H groups in total. The maximum absolute atomic E-state index is 11.2. The van der Waals surface area contributed by atoms with E-state index in [9.17, 15) is 8.42 Å². The first kappa shape index (κ1) is 11.3. The molecule has 80 valence electrons. The molecular weight excluding hydrogens is 202 g/mol. The van der Waals surface area contributed by atoms with Crippen LogP contribution in [0.5, 0.6) is 0 Å². The number of hydrogen-bond donors (Lipinski definition) is 2. The number of rotatable bonds is 4. The van der Waals surface area contributed by atoms with E-state index >= 15 is 0 Å². The van der Waals surface area contributed by atoms with Gasteiger partial charge in [0.1, 0.15) is 0 Å². The molecule has 5 heteroatoms. The smallest absolute Gasteiger partial charge is 0.292 e. The third-order valence-corrected chi connectivity index (χ3v) is 3.64. The summed E-state index contributed by atoms with van der Waals surface area (Å²) in [6.45, 7) is 1.97. The van der Waals surface area contributed by atoms with Crippen molar-refractivity contribution in [3.63, 3.8) is 0 Å². The van der Waals surface area contributed by atoms with E-state index in [-0.39, 0.29) is 0 Å². The van der Waals surface area contributed by atoms with E-state index in [0.29, 0.717) is 6.42 Å². The van der Waals surface area contributed by atoms with Gasteiger partial charge in [0.25, 0.3) is 10.1 Å². The quantitative estimate of drug-likeness (QED) is 0.699. The van der Waals surface area contributed by atoms with Gasteiger partial charge in [0, 0.05) is 0 Å².